The summed E-state index contributed by atoms with van der Waals surface area (Å²) in [6.07, 6.45) is 4.31. The molecular formula is C16H25ClN2OS. The number of thioether (sulfide) groups is 1. The van der Waals surface area contributed by atoms with Crippen LogP contribution in [0.2, 0.25) is 5.02 Å². The number of carbonyl (C=O) groups is 1. The van der Waals surface area contributed by atoms with Crippen LogP contribution in [0.15, 0.2) is 23.1 Å². The summed E-state index contributed by atoms with van der Waals surface area (Å²) >= 11 is 7.59. The molecule has 1 aromatic carbocycles. The van der Waals surface area contributed by atoms with Gasteiger partial charge < -0.3 is 10.6 Å². The van der Waals surface area contributed by atoms with Gasteiger partial charge in [-0.1, -0.05) is 38.3 Å². The lowest BCUT2D eigenvalue weighted by molar-refractivity contribution is -0.128. The van der Waals surface area contributed by atoms with Crippen molar-refractivity contribution in [2.75, 3.05) is 24.6 Å². The van der Waals surface area contributed by atoms with Gasteiger partial charge in [0.05, 0.1) is 10.8 Å². The average Bonchev–Trinajstić information content (AvgIpc) is 2.48. The predicted octanol–water partition coefficient (Wildman–Crippen LogP) is 4.44. The Morgan fingerprint density at radius 3 is 2.43 bits per heavy atom. The summed E-state index contributed by atoms with van der Waals surface area (Å²) in [6, 6.07) is 5.36. The van der Waals surface area contributed by atoms with Crippen molar-refractivity contribution < 1.29 is 4.79 Å². The highest BCUT2D eigenvalue weighted by Gasteiger charge is 2.13. The van der Waals surface area contributed by atoms with Crippen LogP contribution >= 0.6 is 23.4 Å². The van der Waals surface area contributed by atoms with Gasteiger partial charge in [0.1, 0.15) is 0 Å². The van der Waals surface area contributed by atoms with E-state index in [0.717, 1.165) is 43.7 Å². The molecule has 0 aromatic heterocycles. The van der Waals surface area contributed by atoms with E-state index in [4.69, 9.17) is 17.3 Å². The first kappa shape index (κ1) is 18.2. The van der Waals surface area contributed by atoms with Crippen LogP contribution in [0.4, 0.5) is 5.69 Å². The maximum Gasteiger partial charge on any atom is 0.232 e. The fourth-order valence-electron chi connectivity index (χ4n) is 1.92. The molecule has 0 unspecified atom stereocenters. The van der Waals surface area contributed by atoms with E-state index in [1.54, 1.807) is 12.1 Å². The molecule has 0 aliphatic carbocycles. The fourth-order valence-corrected chi connectivity index (χ4v) is 3.09. The van der Waals surface area contributed by atoms with Gasteiger partial charge in [0.25, 0.3) is 0 Å². The van der Waals surface area contributed by atoms with Crippen LogP contribution < -0.4 is 5.73 Å². The normalized spacial score (nSPS) is 10.6. The molecule has 1 rings (SSSR count). The summed E-state index contributed by atoms with van der Waals surface area (Å²) in [4.78, 5) is 15.2. The smallest absolute Gasteiger partial charge is 0.232 e. The fraction of sp³-hybridized carbons (Fsp3) is 0.562. The van der Waals surface area contributed by atoms with Crippen LogP contribution in [0.25, 0.3) is 0 Å². The average molecular weight is 329 g/mol. The van der Waals surface area contributed by atoms with Gasteiger partial charge in [-0.25, -0.2) is 0 Å². The summed E-state index contributed by atoms with van der Waals surface area (Å²) < 4.78 is 0. The number of unbranched alkanes of at least 4 members (excludes halogenated alkanes) is 2. The zero-order valence-electron chi connectivity index (χ0n) is 12.9. The Labute approximate surface area is 137 Å². The molecule has 0 atom stereocenters. The molecule has 3 nitrogen and oxygen atoms in total. The Morgan fingerprint density at radius 1 is 1.24 bits per heavy atom. The van der Waals surface area contributed by atoms with E-state index >= 15 is 0 Å². The van der Waals surface area contributed by atoms with Gasteiger partial charge in [-0.3, -0.25) is 4.79 Å². The van der Waals surface area contributed by atoms with Crippen molar-refractivity contribution in [3.8, 4) is 0 Å². The Balaban J connectivity index is 2.57. The van der Waals surface area contributed by atoms with E-state index in [9.17, 15) is 4.79 Å². The molecule has 0 radical (unpaired) electrons. The zero-order chi connectivity index (χ0) is 15.7. The lowest BCUT2D eigenvalue weighted by Crippen LogP contribution is -2.34. The second-order valence-electron chi connectivity index (χ2n) is 5.07. The van der Waals surface area contributed by atoms with Crippen LogP contribution in [-0.4, -0.2) is 29.6 Å². The standard InChI is InChI=1S/C16H25ClN2OS/c1-3-5-9-19(10-6-4-2)16(20)12-21-15-11-13(18)7-8-14(15)17/h7-8,11H,3-6,9-10,12,18H2,1-2H3. The molecule has 5 heteroatoms. The molecule has 118 valence electrons. The summed E-state index contributed by atoms with van der Waals surface area (Å²) in [6.45, 7) is 5.98. The number of hydrogen-bond donors (Lipinski definition) is 1. The largest absolute Gasteiger partial charge is 0.399 e. The first-order chi connectivity index (χ1) is 10.1. The maximum atomic E-state index is 12.4. The highest BCUT2D eigenvalue weighted by Crippen LogP contribution is 2.29. The number of nitrogens with zero attached hydrogens (tertiary/aromatic N) is 1. The number of halogens is 1. The molecule has 0 heterocycles. The third-order valence-electron chi connectivity index (χ3n) is 3.22. The predicted molar refractivity (Wildman–Crippen MR) is 93.0 cm³/mol. The highest BCUT2D eigenvalue weighted by molar-refractivity contribution is 8.00. The first-order valence-electron chi connectivity index (χ1n) is 7.54. The molecular weight excluding hydrogens is 304 g/mol. The van der Waals surface area contributed by atoms with Crippen molar-refractivity contribution >= 4 is 35.0 Å². The topological polar surface area (TPSA) is 46.3 Å². The molecule has 2 N–H and O–H groups in total. The van der Waals surface area contributed by atoms with Crippen LogP contribution in [0.3, 0.4) is 0 Å². The minimum Gasteiger partial charge on any atom is -0.399 e. The van der Waals surface area contributed by atoms with E-state index in [1.807, 2.05) is 11.0 Å². The number of amides is 1. The van der Waals surface area contributed by atoms with Crippen LogP contribution in [0.5, 0.6) is 0 Å². The zero-order valence-corrected chi connectivity index (χ0v) is 14.5. The van der Waals surface area contributed by atoms with Gasteiger partial charge in [0.15, 0.2) is 0 Å². The number of rotatable bonds is 9. The minimum absolute atomic E-state index is 0.181. The summed E-state index contributed by atoms with van der Waals surface area (Å²) in [5.41, 5.74) is 6.43. The molecule has 1 aromatic rings. The Morgan fingerprint density at radius 2 is 1.86 bits per heavy atom. The summed E-state index contributed by atoms with van der Waals surface area (Å²) in [7, 11) is 0. The molecule has 1 amide bonds. The van der Waals surface area contributed by atoms with Crippen LogP contribution in [0.1, 0.15) is 39.5 Å². The molecule has 21 heavy (non-hydrogen) atoms. The van der Waals surface area contributed by atoms with Gasteiger partial charge in [0.2, 0.25) is 5.91 Å². The van der Waals surface area contributed by atoms with E-state index in [1.165, 1.54) is 11.8 Å². The molecule has 0 saturated heterocycles. The number of nitrogen functional groups attached to an aromatic ring is 1. The van der Waals surface area contributed by atoms with E-state index in [2.05, 4.69) is 13.8 Å². The van der Waals surface area contributed by atoms with Gasteiger partial charge in [-0.2, -0.15) is 0 Å². The molecule has 0 bridgehead atoms. The van der Waals surface area contributed by atoms with E-state index < -0.39 is 0 Å². The number of hydrogen-bond acceptors (Lipinski definition) is 3. The third-order valence-corrected chi connectivity index (χ3v) is 4.70. The maximum absolute atomic E-state index is 12.4. The number of benzene rings is 1. The monoisotopic (exact) mass is 328 g/mol. The Kier molecular flexibility index (Phi) is 8.62. The van der Waals surface area contributed by atoms with Crippen LogP contribution in [-0.2, 0) is 4.79 Å². The second kappa shape index (κ2) is 9.96. The van der Waals surface area contributed by atoms with Gasteiger partial charge in [0, 0.05) is 23.7 Å². The van der Waals surface area contributed by atoms with Crippen molar-refractivity contribution in [3.63, 3.8) is 0 Å². The lowest BCUT2D eigenvalue weighted by atomic mass is 10.2. The molecule has 0 fully saturated rings. The SMILES string of the molecule is CCCCN(CCCC)C(=O)CSc1cc(N)ccc1Cl. The summed E-state index contributed by atoms with van der Waals surface area (Å²) in [5.74, 6) is 0.594. The number of nitrogens with two attached hydrogens (primary N) is 1. The second-order valence-corrected chi connectivity index (χ2v) is 6.49. The van der Waals surface area contributed by atoms with E-state index in [-0.39, 0.29) is 5.91 Å². The first-order valence-corrected chi connectivity index (χ1v) is 8.90. The van der Waals surface area contributed by atoms with Gasteiger partial charge >= 0.3 is 0 Å². The minimum atomic E-state index is 0.181. The molecule has 0 spiro atoms. The van der Waals surface area contributed by atoms with Gasteiger partial charge in [-0.05, 0) is 31.0 Å². The summed E-state index contributed by atoms with van der Waals surface area (Å²) in [5, 5.41) is 0.649. The van der Waals surface area contributed by atoms with Crippen molar-refractivity contribution in [1.82, 2.24) is 4.90 Å². The van der Waals surface area contributed by atoms with Crippen molar-refractivity contribution in [3.05, 3.63) is 23.2 Å². The lowest BCUT2D eigenvalue weighted by Gasteiger charge is -2.22. The molecule has 0 saturated carbocycles. The third kappa shape index (κ3) is 6.62. The molecule has 0 aliphatic rings. The number of carbonyl (C=O) groups excluding carboxylic acids is 1. The van der Waals surface area contributed by atoms with Crippen LogP contribution in [0, 0.1) is 0 Å². The molecule has 0 aliphatic heterocycles. The Bertz CT molecular complexity index is 446. The van der Waals surface area contributed by atoms with Crippen molar-refractivity contribution in [2.24, 2.45) is 0 Å². The Hall–Kier alpha value is -0.870. The van der Waals surface area contributed by atoms with E-state index in [0.29, 0.717) is 16.5 Å². The van der Waals surface area contributed by atoms with Crippen molar-refractivity contribution in [1.29, 1.82) is 0 Å². The quantitative estimate of drug-likeness (QED) is 0.538. The highest BCUT2D eigenvalue weighted by atomic mass is 35.5. The van der Waals surface area contributed by atoms with Gasteiger partial charge in [-0.15, -0.1) is 11.8 Å². The van der Waals surface area contributed by atoms with Crippen molar-refractivity contribution in [2.45, 2.75) is 44.4 Å². The number of anilines is 1.